The number of aromatic nitrogens is 3. The minimum absolute atomic E-state index is 0.226. The zero-order valence-electron chi connectivity index (χ0n) is 10.6. The number of rotatable bonds is 3. The molecule has 1 amide bonds. The highest BCUT2D eigenvalue weighted by molar-refractivity contribution is 9.10. The van der Waals surface area contributed by atoms with Crippen molar-refractivity contribution in [3.8, 4) is 0 Å². The molecule has 2 aromatic heterocycles. The van der Waals surface area contributed by atoms with Gasteiger partial charge in [0.15, 0.2) is 5.69 Å². The molecule has 0 saturated carbocycles. The van der Waals surface area contributed by atoms with E-state index in [0.717, 1.165) is 10.3 Å². The van der Waals surface area contributed by atoms with Crippen molar-refractivity contribution < 1.29 is 4.79 Å². The van der Waals surface area contributed by atoms with Gasteiger partial charge in [0.05, 0.1) is 17.1 Å². The summed E-state index contributed by atoms with van der Waals surface area (Å²) in [6, 6.07) is 3.54. The Kier molecular flexibility index (Phi) is 3.84. The molecule has 100 valence electrons. The largest absolute Gasteiger partial charge is 0.396 e. The first kappa shape index (κ1) is 13.5. The summed E-state index contributed by atoms with van der Waals surface area (Å²) in [5, 5.41) is 6.88. The van der Waals surface area contributed by atoms with E-state index in [0.29, 0.717) is 17.9 Å². The molecule has 2 rings (SSSR count). The van der Waals surface area contributed by atoms with Crippen molar-refractivity contribution in [2.45, 2.75) is 20.4 Å². The molecular weight excluding hydrogens is 310 g/mol. The summed E-state index contributed by atoms with van der Waals surface area (Å²) >= 11 is 3.27. The zero-order valence-corrected chi connectivity index (χ0v) is 12.2. The zero-order chi connectivity index (χ0) is 14.0. The summed E-state index contributed by atoms with van der Waals surface area (Å²) in [4.78, 5) is 16.3. The molecule has 0 unspecified atom stereocenters. The van der Waals surface area contributed by atoms with Crippen molar-refractivity contribution in [1.29, 1.82) is 0 Å². The number of carbonyl (C=O) groups is 1. The van der Waals surface area contributed by atoms with Gasteiger partial charge in [-0.15, -0.1) is 0 Å². The number of nitrogens with one attached hydrogen (secondary N) is 1. The standard InChI is InChI=1S/C12H14BrN5O/c1-3-18-6-8(14)11(17-18)12(19)16-9-4-5-10(13)15-7(9)2/h4-6H,3,14H2,1-2H3,(H,16,19). The molecular formula is C12H14BrN5O. The number of carbonyl (C=O) groups excluding carboxylic acids is 1. The van der Waals surface area contributed by atoms with Crippen molar-refractivity contribution >= 4 is 33.2 Å². The summed E-state index contributed by atoms with van der Waals surface area (Å²) in [5.74, 6) is -0.336. The third-order valence-corrected chi connectivity index (χ3v) is 3.07. The highest BCUT2D eigenvalue weighted by Gasteiger charge is 2.15. The van der Waals surface area contributed by atoms with Crippen molar-refractivity contribution in [2.24, 2.45) is 0 Å². The third kappa shape index (κ3) is 2.93. The number of aryl methyl sites for hydroxylation is 2. The summed E-state index contributed by atoms with van der Waals surface area (Å²) < 4.78 is 2.34. The Balaban J connectivity index is 2.23. The second-order valence-corrected chi connectivity index (χ2v) is 4.82. The van der Waals surface area contributed by atoms with E-state index in [1.807, 2.05) is 13.8 Å². The predicted molar refractivity (Wildman–Crippen MR) is 76.9 cm³/mol. The van der Waals surface area contributed by atoms with Crippen molar-refractivity contribution in [1.82, 2.24) is 14.8 Å². The smallest absolute Gasteiger partial charge is 0.278 e. The molecule has 19 heavy (non-hydrogen) atoms. The Labute approximate surface area is 119 Å². The van der Waals surface area contributed by atoms with Crippen LogP contribution in [-0.2, 0) is 6.54 Å². The van der Waals surface area contributed by atoms with E-state index in [1.165, 1.54) is 0 Å². The van der Waals surface area contributed by atoms with Crippen LogP contribution in [0.15, 0.2) is 22.9 Å². The third-order valence-electron chi connectivity index (χ3n) is 2.63. The van der Waals surface area contributed by atoms with Crippen LogP contribution in [0.25, 0.3) is 0 Å². The molecule has 0 spiro atoms. The normalized spacial score (nSPS) is 10.5. The predicted octanol–water partition coefficient (Wildman–Crippen LogP) is 2.20. The fourth-order valence-electron chi connectivity index (χ4n) is 1.62. The molecule has 0 fully saturated rings. The first-order valence-corrected chi connectivity index (χ1v) is 6.58. The van der Waals surface area contributed by atoms with E-state index in [2.05, 4.69) is 31.3 Å². The topological polar surface area (TPSA) is 85.8 Å². The van der Waals surface area contributed by atoms with E-state index in [4.69, 9.17) is 5.73 Å². The lowest BCUT2D eigenvalue weighted by Gasteiger charge is -2.06. The average molecular weight is 324 g/mol. The number of nitrogens with two attached hydrogens (primary N) is 1. The summed E-state index contributed by atoms with van der Waals surface area (Å²) in [6.07, 6.45) is 1.64. The number of nitrogens with zero attached hydrogens (tertiary/aromatic N) is 3. The van der Waals surface area contributed by atoms with Crippen LogP contribution >= 0.6 is 15.9 Å². The molecule has 6 nitrogen and oxygen atoms in total. The second-order valence-electron chi connectivity index (χ2n) is 4.01. The van der Waals surface area contributed by atoms with Gasteiger partial charge < -0.3 is 11.1 Å². The molecule has 2 heterocycles. The van der Waals surface area contributed by atoms with E-state index in [9.17, 15) is 4.79 Å². The Morgan fingerprint density at radius 1 is 1.53 bits per heavy atom. The molecule has 3 N–H and O–H groups in total. The molecule has 2 aromatic rings. The molecule has 0 atom stereocenters. The average Bonchev–Trinajstić information content (AvgIpc) is 2.74. The van der Waals surface area contributed by atoms with Crippen molar-refractivity contribution in [3.05, 3.63) is 34.3 Å². The number of nitrogen functional groups attached to an aromatic ring is 1. The highest BCUT2D eigenvalue weighted by atomic mass is 79.9. The Hall–Kier alpha value is -1.89. The maximum atomic E-state index is 12.1. The number of hydrogen-bond donors (Lipinski definition) is 2. The van der Waals surface area contributed by atoms with E-state index < -0.39 is 0 Å². The van der Waals surface area contributed by atoms with E-state index >= 15 is 0 Å². The summed E-state index contributed by atoms with van der Waals surface area (Å²) in [7, 11) is 0. The lowest BCUT2D eigenvalue weighted by atomic mass is 10.3. The lowest BCUT2D eigenvalue weighted by Crippen LogP contribution is -2.15. The SMILES string of the molecule is CCn1cc(N)c(C(=O)Nc2ccc(Br)nc2C)n1. The van der Waals surface area contributed by atoms with Crippen LogP contribution in [0, 0.1) is 6.92 Å². The molecule has 0 radical (unpaired) electrons. The molecule has 7 heteroatoms. The number of pyridine rings is 1. The van der Waals surface area contributed by atoms with E-state index in [1.54, 1.807) is 23.0 Å². The Morgan fingerprint density at radius 3 is 2.84 bits per heavy atom. The van der Waals surface area contributed by atoms with Gasteiger partial charge in [0.2, 0.25) is 0 Å². The van der Waals surface area contributed by atoms with Crippen LogP contribution in [-0.4, -0.2) is 20.7 Å². The van der Waals surface area contributed by atoms with Crippen LogP contribution in [0.3, 0.4) is 0 Å². The minimum atomic E-state index is -0.336. The highest BCUT2D eigenvalue weighted by Crippen LogP contribution is 2.18. The van der Waals surface area contributed by atoms with Gasteiger partial charge in [0.1, 0.15) is 4.60 Å². The Morgan fingerprint density at radius 2 is 2.26 bits per heavy atom. The van der Waals surface area contributed by atoms with Crippen LogP contribution < -0.4 is 11.1 Å². The number of amides is 1. The number of anilines is 2. The monoisotopic (exact) mass is 323 g/mol. The van der Waals surface area contributed by atoms with Gasteiger partial charge in [0, 0.05) is 12.7 Å². The number of halogens is 1. The summed E-state index contributed by atoms with van der Waals surface area (Å²) in [5.41, 5.74) is 7.71. The molecule has 0 bridgehead atoms. The van der Waals surface area contributed by atoms with Gasteiger partial charge in [-0.3, -0.25) is 9.48 Å². The fourth-order valence-corrected chi connectivity index (χ4v) is 2.02. The van der Waals surface area contributed by atoms with Crippen LogP contribution in [0.4, 0.5) is 11.4 Å². The fraction of sp³-hybridized carbons (Fsp3) is 0.250. The quantitative estimate of drug-likeness (QED) is 0.848. The van der Waals surface area contributed by atoms with Gasteiger partial charge in [-0.05, 0) is 41.9 Å². The molecule has 0 aliphatic rings. The first-order valence-electron chi connectivity index (χ1n) is 5.78. The maximum Gasteiger partial charge on any atom is 0.278 e. The van der Waals surface area contributed by atoms with Crippen molar-refractivity contribution in [2.75, 3.05) is 11.1 Å². The van der Waals surface area contributed by atoms with Gasteiger partial charge in [-0.25, -0.2) is 4.98 Å². The van der Waals surface area contributed by atoms with Crippen molar-refractivity contribution in [3.63, 3.8) is 0 Å². The lowest BCUT2D eigenvalue weighted by molar-refractivity contribution is 0.102. The van der Waals surface area contributed by atoms with Crippen LogP contribution in [0.1, 0.15) is 23.1 Å². The van der Waals surface area contributed by atoms with Gasteiger partial charge in [-0.1, -0.05) is 0 Å². The van der Waals surface area contributed by atoms with E-state index in [-0.39, 0.29) is 11.6 Å². The first-order chi connectivity index (χ1) is 9.01. The second kappa shape index (κ2) is 5.40. The molecule has 0 saturated heterocycles. The van der Waals surface area contributed by atoms with Crippen LogP contribution in [0.5, 0.6) is 0 Å². The van der Waals surface area contributed by atoms with Gasteiger partial charge in [-0.2, -0.15) is 5.10 Å². The maximum absolute atomic E-state index is 12.1. The van der Waals surface area contributed by atoms with Gasteiger partial charge >= 0.3 is 0 Å². The molecule has 0 aromatic carbocycles. The molecule has 0 aliphatic carbocycles. The van der Waals surface area contributed by atoms with Gasteiger partial charge in [0.25, 0.3) is 5.91 Å². The Bertz CT molecular complexity index is 623. The van der Waals surface area contributed by atoms with Crippen LogP contribution in [0.2, 0.25) is 0 Å². The molecule has 0 aliphatic heterocycles. The summed E-state index contributed by atoms with van der Waals surface area (Å²) in [6.45, 7) is 4.40. The number of hydrogen-bond acceptors (Lipinski definition) is 4. The minimum Gasteiger partial charge on any atom is -0.396 e.